The largest absolute Gasteiger partial charge is 0.469 e. The lowest BCUT2D eigenvalue weighted by atomic mass is 9.92. The second-order valence-electron chi connectivity index (χ2n) is 13.2. The van der Waals surface area contributed by atoms with E-state index >= 15 is 0 Å². The summed E-state index contributed by atoms with van der Waals surface area (Å²) < 4.78 is 25.1. The Balaban J connectivity index is 1.42. The first-order valence-corrected chi connectivity index (χ1v) is 17.5. The van der Waals surface area contributed by atoms with Crippen molar-refractivity contribution in [1.82, 2.24) is 0 Å². The predicted molar refractivity (Wildman–Crippen MR) is 166 cm³/mol. The maximum Gasteiger partial charge on any atom is 0.305 e. The summed E-state index contributed by atoms with van der Waals surface area (Å²) >= 11 is 0. The van der Waals surface area contributed by atoms with Crippen molar-refractivity contribution >= 4 is 24.7 Å². The highest BCUT2D eigenvalue weighted by atomic mass is 28.4. The van der Waals surface area contributed by atoms with E-state index in [2.05, 4.69) is 87.5 Å². The summed E-state index contributed by atoms with van der Waals surface area (Å²) in [5, 5.41) is 2.57. The molecule has 5 nitrogen and oxygen atoms in total. The smallest absolute Gasteiger partial charge is 0.305 e. The molecule has 41 heavy (non-hydrogen) atoms. The minimum Gasteiger partial charge on any atom is -0.469 e. The molecule has 5 rings (SSSR count). The predicted octanol–water partition coefficient (Wildman–Crippen LogP) is 6.40. The van der Waals surface area contributed by atoms with Gasteiger partial charge in [-0.1, -0.05) is 93.1 Å². The number of methoxy groups -OCH3 is 1. The average Bonchev–Trinajstić information content (AvgIpc) is 3.51. The van der Waals surface area contributed by atoms with Gasteiger partial charge < -0.3 is 18.6 Å². The molecule has 0 N–H and O–H groups in total. The third-order valence-corrected chi connectivity index (χ3v) is 14.6. The molecule has 2 aliphatic carbocycles. The third kappa shape index (κ3) is 6.72. The van der Waals surface area contributed by atoms with E-state index in [1.807, 2.05) is 0 Å². The van der Waals surface area contributed by atoms with Gasteiger partial charge in [0.2, 0.25) is 0 Å². The normalized spacial score (nSPS) is 27.6. The zero-order valence-electron chi connectivity index (χ0n) is 25.3. The Kier molecular flexibility index (Phi) is 9.85. The van der Waals surface area contributed by atoms with E-state index in [0.717, 1.165) is 45.1 Å². The van der Waals surface area contributed by atoms with E-state index in [1.54, 1.807) is 0 Å². The molecule has 1 heterocycles. The molecule has 1 unspecified atom stereocenters. The van der Waals surface area contributed by atoms with E-state index in [-0.39, 0.29) is 23.4 Å². The van der Waals surface area contributed by atoms with Crippen LogP contribution in [0.3, 0.4) is 0 Å². The summed E-state index contributed by atoms with van der Waals surface area (Å²) in [6.07, 6.45) is 9.99. The van der Waals surface area contributed by atoms with Crippen LogP contribution in [0.2, 0.25) is 5.04 Å². The quantitative estimate of drug-likeness (QED) is 0.186. The maximum absolute atomic E-state index is 11.7. The Hall–Kier alpha value is -2.25. The molecule has 3 fully saturated rings. The summed E-state index contributed by atoms with van der Waals surface area (Å²) in [5.74, 6) is 1.27. The number of carbonyl (C=O) groups excluding carboxylic acids is 1. The molecular formula is C35H48O5Si. The van der Waals surface area contributed by atoms with E-state index in [1.165, 1.54) is 29.5 Å². The molecule has 2 aromatic carbocycles. The molecule has 0 radical (unpaired) electrons. The van der Waals surface area contributed by atoms with Gasteiger partial charge in [0.05, 0.1) is 13.2 Å². The van der Waals surface area contributed by atoms with Crippen LogP contribution in [-0.4, -0.2) is 47.0 Å². The van der Waals surface area contributed by atoms with Crippen LogP contribution in [0.1, 0.15) is 72.1 Å². The molecule has 3 aliphatic rings. The lowest BCUT2D eigenvalue weighted by molar-refractivity contribution is -0.197. The molecule has 2 saturated carbocycles. The van der Waals surface area contributed by atoms with Gasteiger partial charge in [-0.2, -0.15) is 0 Å². The van der Waals surface area contributed by atoms with Crippen molar-refractivity contribution in [2.75, 3.05) is 20.3 Å². The standard InChI is InChI=1S/C35H48O5Si/c1-35(2,3)41(28-15-7-5-8-16-28,29-17-9-6-10-18-29)39-25-31-30-23-26(14-13-19-33(36)37-4)22-27(30)24-32(31)40-34-20-11-12-21-38-34/h5-10,14-18,27,30-32,34H,11-13,19-25H2,1-4H3/b26-14-/t27-,30-,31+,32+,34?/m0/s1. The minimum absolute atomic E-state index is 0.0643. The SMILES string of the molecule is COC(=O)CC/C=C1/C[C@H]2C[C@@H](OC3CCCCO3)[C@H](CO[Si](c3ccccc3)(c3ccccc3)C(C)(C)C)[C@H]2C1. The first kappa shape index (κ1) is 30.2. The zero-order valence-corrected chi connectivity index (χ0v) is 26.3. The van der Waals surface area contributed by atoms with Crippen LogP contribution in [0.25, 0.3) is 0 Å². The molecule has 2 aromatic rings. The van der Waals surface area contributed by atoms with E-state index in [9.17, 15) is 4.79 Å². The van der Waals surface area contributed by atoms with Gasteiger partial charge in [0.1, 0.15) is 0 Å². The first-order valence-electron chi connectivity index (χ1n) is 15.6. The molecule has 0 aromatic heterocycles. The number of rotatable bonds is 10. The maximum atomic E-state index is 11.7. The van der Waals surface area contributed by atoms with Gasteiger partial charge >= 0.3 is 5.97 Å². The molecular weight excluding hydrogens is 528 g/mol. The van der Waals surface area contributed by atoms with Gasteiger partial charge in [0.25, 0.3) is 8.32 Å². The first-order chi connectivity index (χ1) is 19.8. The Labute approximate surface area is 247 Å². The molecule has 1 saturated heterocycles. The fourth-order valence-corrected chi connectivity index (χ4v) is 12.2. The van der Waals surface area contributed by atoms with Crippen LogP contribution in [0.4, 0.5) is 0 Å². The van der Waals surface area contributed by atoms with E-state index in [0.29, 0.717) is 30.8 Å². The molecule has 222 valence electrons. The number of ether oxygens (including phenoxy) is 3. The van der Waals surface area contributed by atoms with Gasteiger partial charge in [-0.15, -0.1) is 0 Å². The number of fused-ring (bicyclic) bond motifs is 1. The van der Waals surface area contributed by atoms with Crippen LogP contribution in [0.15, 0.2) is 72.3 Å². The van der Waals surface area contributed by atoms with Gasteiger partial charge in [0, 0.05) is 25.6 Å². The summed E-state index contributed by atoms with van der Waals surface area (Å²) in [5.41, 5.74) is 1.48. The summed E-state index contributed by atoms with van der Waals surface area (Å²) in [7, 11) is -1.19. The second-order valence-corrected chi connectivity index (χ2v) is 17.5. The minimum atomic E-state index is -2.65. The fraction of sp³-hybridized carbons (Fsp3) is 0.571. The van der Waals surface area contributed by atoms with Gasteiger partial charge in [0.15, 0.2) is 6.29 Å². The topological polar surface area (TPSA) is 54.0 Å². The Morgan fingerprint density at radius 1 is 1.00 bits per heavy atom. The van der Waals surface area contributed by atoms with E-state index in [4.69, 9.17) is 18.6 Å². The van der Waals surface area contributed by atoms with Gasteiger partial charge in [-0.25, -0.2) is 0 Å². The van der Waals surface area contributed by atoms with Crippen LogP contribution in [-0.2, 0) is 23.4 Å². The highest BCUT2D eigenvalue weighted by molar-refractivity contribution is 6.99. The van der Waals surface area contributed by atoms with Crippen LogP contribution < -0.4 is 10.4 Å². The lowest BCUT2D eigenvalue weighted by Gasteiger charge is -2.44. The van der Waals surface area contributed by atoms with E-state index < -0.39 is 8.32 Å². The average molecular weight is 577 g/mol. The number of hydrogen-bond donors (Lipinski definition) is 0. The van der Waals surface area contributed by atoms with Crippen molar-refractivity contribution in [2.45, 2.75) is 89.6 Å². The van der Waals surface area contributed by atoms with Crippen LogP contribution >= 0.6 is 0 Å². The summed E-state index contributed by atoms with van der Waals surface area (Å²) in [6, 6.07) is 21.9. The second kappa shape index (κ2) is 13.4. The van der Waals surface area contributed by atoms with Crippen molar-refractivity contribution in [2.24, 2.45) is 17.8 Å². The monoisotopic (exact) mass is 576 g/mol. The molecule has 0 amide bonds. The Morgan fingerprint density at radius 2 is 1.68 bits per heavy atom. The van der Waals surface area contributed by atoms with Crippen molar-refractivity contribution in [3.05, 3.63) is 72.3 Å². The van der Waals surface area contributed by atoms with Gasteiger partial charge in [-0.3, -0.25) is 4.79 Å². The fourth-order valence-electron chi connectivity index (χ4n) is 7.60. The summed E-state index contributed by atoms with van der Waals surface area (Å²) in [4.78, 5) is 11.7. The Morgan fingerprint density at radius 3 is 2.27 bits per heavy atom. The summed E-state index contributed by atoms with van der Waals surface area (Å²) in [6.45, 7) is 8.51. The molecule has 5 atom stereocenters. The highest BCUT2D eigenvalue weighted by Crippen LogP contribution is 2.52. The number of carbonyl (C=O) groups is 1. The van der Waals surface area contributed by atoms with Crippen LogP contribution in [0.5, 0.6) is 0 Å². The molecule has 0 bridgehead atoms. The molecule has 0 spiro atoms. The third-order valence-electron chi connectivity index (χ3n) is 9.57. The lowest BCUT2D eigenvalue weighted by Crippen LogP contribution is -2.67. The van der Waals surface area contributed by atoms with Crippen LogP contribution in [0, 0.1) is 17.8 Å². The Bertz CT molecular complexity index is 1110. The zero-order chi connectivity index (χ0) is 28.9. The number of hydrogen-bond acceptors (Lipinski definition) is 5. The van der Waals surface area contributed by atoms with Crippen molar-refractivity contribution in [3.63, 3.8) is 0 Å². The van der Waals surface area contributed by atoms with Gasteiger partial charge in [-0.05, 0) is 72.2 Å². The van der Waals surface area contributed by atoms with Crippen molar-refractivity contribution in [3.8, 4) is 0 Å². The molecule has 6 heteroatoms. The van der Waals surface area contributed by atoms with Crippen molar-refractivity contribution < 1.29 is 23.4 Å². The highest BCUT2D eigenvalue weighted by Gasteiger charge is 2.53. The number of benzene rings is 2. The number of allylic oxidation sites excluding steroid dienone is 2. The van der Waals surface area contributed by atoms with Crippen molar-refractivity contribution in [1.29, 1.82) is 0 Å². The molecule has 1 aliphatic heterocycles. The number of esters is 1.